The van der Waals surface area contributed by atoms with Gasteiger partial charge in [-0.15, -0.1) is 0 Å². The van der Waals surface area contributed by atoms with Crippen LogP contribution in [0.1, 0.15) is 11.1 Å². The summed E-state index contributed by atoms with van der Waals surface area (Å²) >= 11 is 0. The second-order valence-electron chi connectivity index (χ2n) is 8.52. The van der Waals surface area contributed by atoms with Crippen LogP contribution in [0.3, 0.4) is 0 Å². The summed E-state index contributed by atoms with van der Waals surface area (Å²) in [6.45, 7) is 4.06. The number of rotatable bonds is 9. The minimum Gasteiger partial charge on any atom is -0.495 e. The van der Waals surface area contributed by atoms with Gasteiger partial charge in [-0.2, -0.15) is 17.0 Å². The molecular formula is C23H32N4O7S2. The summed E-state index contributed by atoms with van der Waals surface area (Å²) in [4.78, 5) is 12.9. The number of carbonyl (C=O) groups is 1. The summed E-state index contributed by atoms with van der Waals surface area (Å²) in [7, 11) is -3.78. The molecule has 3 rings (SSSR count). The monoisotopic (exact) mass is 540 g/mol. The molecule has 36 heavy (non-hydrogen) atoms. The molecule has 0 radical (unpaired) electrons. The lowest BCUT2D eigenvalue weighted by Gasteiger charge is -2.28. The first kappa shape index (κ1) is 27.9. The predicted molar refractivity (Wildman–Crippen MR) is 137 cm³/mol. The highest BCUT2D eigenvalue weighted by Crippen LogP contribution is 2.30. The fraction of sp³-hybridized carbons (Fsp3) is 0.435. The molecule has 0 atom stereocenters. The van der Waals surface area contributed by atoms with Gasteiger partial charge in [0, 0.05) is 32.9 Å². The lowest BCUT2D eigenvalue weighted by atomic mass is 10.1. The number of aryl methyl sites for hydroxylation is 2. The molecule has 0 saturated carbocycles. The van der Waals surface area contributed by atoms with Gasteiger partial charge in [0.25, 0.3) is 0 Å². The molecule has 1 heterocycles. The van der Waals surface area contributed by atoms with Gasteiger partial charge in [0.15, 0.2) is 0 Å². The lowest BCUT2D eigenvalue weighted by Crippen LogP contribution is -2.44. The molecule has 11 nitrogen and oxygen atoms in total. The zero-order chi connectivity index (χ0) is 26.7. The van der Waals surface area contributed by atoms with E-state index in [1.807, 2.05) is 13.0 Å². The minimum atomic E-state index is -4.00. The first-order chi connectivity index (χ1) is 16.9. The molecule has 0 aliphatic carbocycles. The van der Waals surface area contributed by atoms with Gasteiger partial charge in [0.05, 0.1) is 26.0 Å². The minimum absolute atomic E-state index is 0.100. The molecule has 1 fully saturated rings. The molecular weight excluding hydrogens is 508 g/mol. The van der Waals surface area contributed by atoms with Gasteiger partial charge in [-0.25, -0.2) is 12.7 Å². The Labute approximate surface area is 212 Å². The summed E-state index contributed by atoms with van der Waals surface area (Å²) in [6, 6.07) is 9.59. The van der Waals surface area contributed by atoms with E-state index >= 15 is 0 Å². The highest BCUT2D eigenvalue weighted by atomic mass is 32.2. The van der Waals surface area contributed by atoms with E-state index in [1.54, 1.807) is 19.1 Å². The number of hydrogen-bond acceptors (Lipinski definition) is 7. The van der Waals surface area contributed by atoms with Crippen LogP contribution in [0.4, 0.5) is 11.4 Å². The van der Waals surface area contributed by atoms with Gasteiger partial charge in [-0.3, -0.25) is 4.79 Å². The number of methoxy groups -OCH3 is 1. The van der Waals surface area contributed by atoms with Crippen molar-refractivity contribution in [1.82, 2.24) is 8.61 Å². The summed E-state index contributed by atoms with van der Waals surface area (Å²) in [5.74, 6) is -0.507. The summed E-state index contributed by atoms with van der Waals surface area (Å²) < 4.78 is 66.5. The van der Waals surface area contributed by atoms with Crippen molar-refractivity contribution in [3.8, 4) is 5.75 Å². The van der Waals surface area contributed by atoms with Gasteiger partial charge >= 0.3 is 10.2 Å². The van der Waals surface area contributed by atoms with Gasteiger partial charge in [0.2, 0.25) is 15.9 Å². The second kappa shape index (κ2) is 11.1. The van der Waals surface area contributed by atoms with Gasteiger partial charge in [-0.1, -0.05) is 12.1 Å². The first-order valence-corrected chi connectivity index (χ1v) is 14.0. The zero-order valence-electron chi connectivity index (χ0n) is 21.0. The Bertz CT molecular complexity index is 1320. The molecule has 0 unspecified atom stereocenters. The number of hydrogen-bond donors (Lipinski definition) is 1. The Morgan fingerprint density at radius 1 is 1.06 bits per heavy atom. The van der Waals surface area contributed by atoms with Crippen LogP contribution in [-0.4, -0.2) is 85.4 Å². The molecule has 2 aromatic carbocycles. The number of ether oxygens (including phenoxy) is 2. The van der Waals surface area contributed by atoms with Crippen molar-refractivity contribution >= 4 is 37.5 Å². The largest absolute Gasteiger partial charge is 0.495 e. The van der Waals surface area contributed by atoms with E-state index in [0.29, 0.717) is 11.3 Å². The highest BCUT2D eigenvalue weighted by Gasteiger charge is 2.31. The average molecular weight is 541 g/mol. The fourth-order valence-corrected chi connectivity index (χ4v) is 6.40. The summed E-state index contributed by atoms with van der Waals surface area (Å²) in [5, 5.41) is 2.63. The Morgan fingerprint density at radius 2 is 1.72 bits per heavy atom. The molecule has 1 aliphatic rings. The zero-order valence-corrected chi connectivity index (χ0v) is 22.6. The molecule has 1 N–H and O–H groups in total. The van der Waals surface area contributed by atoms with E-state index in [-0.39, 0.29) is 42.6 Å². The van der Waals surface area contributed by atoms with E-state index in [2.05, 4.69) is 5.32 Å². The second-order valence-corrected chi connectivity index (χ2v) is 12.5. The van der Waals surface area contributed by atoms with Crippen molar-refractivity contribution in [2.45, 2.75) is 18.7 Å². The third-order valence-corrected chi connectivity index (χ3v) is 9.42. The van der Waals surface area contributed by atoms with E-state index in [4.69, 9.17) is 9.47 Å². The smallest absolute Gasteiger partial charge is 0.304 e. The topological polar surface area (TPSA) is 126 Å². The van der Waals surface area contributed by atoms with Crippen molar-refractivity contribution in [2.75, 3.05) is 63.7 Å². The van der Waals surface area contributed by atoms with Crippen molar-refractivity contribution in [1.29, 1.82) is 0 Å². The average Bonchev–Trinajstić information content (AvgIpc) is 2.84. The summed E-state index contributed by atoms with van der Waals surface area (Å²) in [6.07, 6.45) is 0. The first-order valence-electron chi connectivity index (χ1n) is 11.2. The van der Waals surface area contributed by atoms with Gasteiger partial charge in [-0.05, 0) is 49.2 Å². The molecule has 1 saturated heterocycles. The molecule has 0 spiro atoms. The van der Waals surface area contributed by atoms with Crippen LogP contribution < -0.4 is 14.4 Å². The third kappa shape index (κ3) is 5.98. The Balaban J connectivity index is 1.92. The van der Waals surface area contributed by atoms with Crippen molar-refractivity contribution < 1.29 is 31.1 Å². The maximum atomic E-state index is 13.2. The predicted octanol–water partition coefficient (Wildman–Crippen LogP) is 1.58. The van der Waals surface area contributed by atoms with E-state index in [9.17, 15) is 21.6 Å². The Kier molecular flexibility index (Phi) is 8.62. The standard InChI is InChI=1S/C23H32N4O7S2/c1-17-6-7-18(2)20(14-17)27(36(31,32)25(3)4)16-23(28)24-19-8-9-21(33-5)22(15-19)35(29,30)26-10-12-34-13-11-26/h6-9,14-15H,10-13,16H2,1-5H3,(H,24,28). The molecule has 0 bridgehead atoms. The highest BCUT2D eigenvalue weighted by molar-refractivity contribution is 7.90. The number of nitrogens with zero attached hydrogens (tertiary/aromatic N) is 3. The van der Waals surface area contributed by atoms with Crippen LogP contribution in [0.5, 0.6) is 5.75 Å². The number of sulfonamides is 1. The molecule has 0 aromatic heterocycles. The number of morpholine rings is 1. The SMILES string of the molecule is COc1ccc(NC(=O)CN(c2cc(C)ccc2C)S(=O)(=O)N(C)C)cc1S(=O)(=O)N1CCOCC1. The van der Waals surface area contributed by atoms with Crippen LogP contribution in [0.15, 0.2) is 41.3 Å². The van der Waals surface area contributed by atoms with Crippen LogP contribution in [0.2, 0.25) is 0 Å². The third-order valence-electron chi connectivity index (χ3n) is 5.70. The number of amides is 1. The normalized spacial score (nSPS) is 15.1. The molecule has 1 amide bonds. The van der Waals surface area contributed by atoms with Crippen LogP contribution in [0.25, 0.3) is 0 Å². The molecule has 1 aliphatic heterocycles. The van der Waals surface area contributed by atoms with Crippen LogP contribution >= 0.6 is 0 Å². The molecule has 2 aromatic rings. The Hall–Kier alpha value is -2.71. The van der Waals surface area contributed by atoms with E-state index < -0.39 is 32.7 Å². The van der Waals surface area contributed by atoms with E-state index in [0.717, 1.165) is 14.2 Å². The fourth-order valence-electron chi connectivity index (χ4n) is 3.69. The van der Waals surface area contributed by atoms with Crippen LogP contribution in [-0.2, 0) is 29.8 Å². The van der Waals surface area contributed by atoms with E-state index in [1.165, 1.54) is 43.7 Å². The molecule has 198 valence electrons. The van der Waals surface area contributed by atoms with Crippen LogP contribution in [0, 0.1) is 13.8 Å². The molecule has 13 heteroatoms. The van der Waals surface area contributed by atoms with Gasteiger partial charge < -0.3 is 14.8 Å². The van der Waals surface area contributed by atoms with Gasteiger partial charge in [0.1, 0.15) is 17.2 Å². The van der Waals surface area contributed by atoms with Crippen molar-refractivity contribution in [2.24, 2.45) is 0 Å². The quantitative estimate of drug-likeness (QED) is 0.512. The Morgan fingerprint density at radius 3 is 2.33 bits per heavy atom. The number of anilines is 2. The summed E-state index contributed by atoms with van der Waals surface area (Å²) in [5.41, 5.74) is 2.09. The number of benzene rings is 2. The maximum absolute atomic E-state index is 13.2. The maximum Gasteiger partial charge on any atom is 0.304 e. The number of carbonyl (C=O) groups excluding carboxylic acids is 1. The number of nitrogens with one attached hydrogen (secondary N) is 1. The lowest BCUT2D eigenvalue weighted by molar-refractivity contribution is -0.114. The van der Waals surface area contributed by atoms with Crippen molar-refractivity contribution in [3.63, 3.8) is 0 Å². The van der Waals surface area contributed by atoms with Crippen molar-refractivity contribution in [3.05, 3.63) is 47.5 Å².